The standard InChI is InChI=1S/C24H30FNO2Si/c1-24(2,3)29(4,5)28-14-13-18-7-6-8-20-21(16-26-23(18)20)22(27)15-17-9-11-19(25)12-10-17/h6-12,16,26H,13-15H2,1-5H3. The first-order valence-corrected chi connectivity index (χ1v) is 13.0. The molecule has 1 N–H and O–H groups in total. The average molecular weight is 412 g/mol. The second-order valence-electron chi connectivity index (χ2n) is 9.13. The lowest BCUT2D eigenvalue weighted by Gasteiger charge is -2.36. The molecule has 0 radical (unpaired) electrons. The Balaban J connectivity index is 1.75. The molecule has 1 heterocycles. The second kappa shape index (κ2) is 8.25. The summed E-state index contributed by atoms with van der Waals surface area (Å²) < 4.78 is 19.4. The molecule has 1 aromatic heterocycles. The molecular weight excluding hydrogens is 381 g/mol. The maximum atomic E-state index is 13.1. The van der Waals surface area contributed by atoms with Crippen LogP contribution in [0.1, 0.15) is 42.3 Å². The molecule has 0 aliphatic rings. The minimum atomic E-state index is -1.78. The third-order valence-corrected chi connectivity index (χ3v) is 10.6. The lowest BCUT2D eigenvalue weighted by atomic mass is 10.0. The van der Waals surface area contributed by atoms with Crippen molar-refractivity contribution >= 4 is 25.0 Å². The molecule has 5 heteroatoms. The monoisotopic (exact) mass is 411 g/mol. The zero-order valence-corrected chi connectivity index (χ0v) is 18.9. The Hall–Kier alpha value is -2.24. The molecule has 29 heavy (non-hydrogen) atoms. The molecule has 2 aromatic carbocycles. The van der Waals surface area contributed by atoms with E-state index in [2.05, 4.69) is 44.9 Å². The highest BCUT2D eigenvalue weighted by Crippen LogP contribution is 2.36. The number of aromatic nitrogens is 1. The maximum Gasteiger partial charge on any atom is 0.191 e. The molecule has 0 aliphatic heterocycles. The molecule has 3 nitrogen and oxygen atoms in total. The van der Waals surface area contributed by atoms with Gasteiger partial charge in [-0.05, 0) is 47.8 Å². The van der Waals surface area contributed by atoms with Gasteiger partial charge in [-0.3, -0.25) is 4.79 Å². The molecule has 0 aliphatic carbocycles. The maximum absolute atomic E-state index is 13.1. The van der Waals surface area contributed by atoms with Gasteiger partial charge in [0.25, 0.3) is 0 Å². The minimum Gasteiger partial charge on any atom is -0.416 e. The Morgan fingerprint density at radius 2 is 1.79 bits per heavy atom. The van der Waals surface area contributed by atoms with Crippen molar-refractivity contribution in [3.05, 3.63) is 71.2 Å². The fourth-order valence-corrected chi connectivity index (χ4v) is 4.22. The molecule has 3 rings (SSSR count). The van der Waals surface area contributed by atoms with Gasteiger partial charge in [-0.2, -0.15) is 0 Å². The summed E-state index contributed by atoms with van der Waals surface area (Å²) in [4.78, 5) is 16.1. The third-order valence-electron chi connectivity index (χ3n) is 6.02. The van der Waals surface area contributed by atoms with Gasteiger partial charge in [0, 0.05) is 35.7 Å². The van der Waals surface area contributed by atoms with Crippen molar-refractivity contribution in [2.24, 2.45) is 0 Å². The number of carbonyl (C=O) groups excluding carboxylic acids is 1. The fourth-order valence-electron chi connectivity index (χ4n) is 3.17. The van der Waals surface area contributed by atoms with Gasteiger partial charge in [0.2, 0.25) is 0 Å². The molecule has 0 spiro atoms. The first-order valence-electron chi connectivity index (χ1n) is 10.1. The van der Waals surface area contributed by atoms with Crippen LogP contribution >= 0.6 is 0 Å². The molecule has 0 fully saturated rings. The highest BCUT2D eigenvalue weighted by molar-refractivity contribution is 6.74. The lowest BCUT2D eigenvalue weighted by Crippen LogP contribution is -2.41. The van der Waals surface area contributed by atoms with Crippen LogP contribution in [0.3, 0.4) is 0 Å². The van der Waals surface area contributed by atoms with Gasteiger partial charge in [-0.25, -0.2) is 4.39 Å². The summed E-state index contributed by atoms with van der Waals surface area (Å²) in [6, 6.07) is 12.1. The number of hydrogen-bond donors (Lipinski definition) is 1. The van der Waals surface area contributed by atoms with E-state index in [1.165, 1.54) is 12.1 Å². The average Bonchev–Trinajstić information content (AvgIpc) is 3.08. The largest absolute Gasteiger partial charge is 0.416 e. The molecule has 0 saturated heterocycles. The summed E-state index contributed by atoms with van der Waals surface area (Å²) >= 11 is 0. The molecule has 3 aromatic rings. The van der Waals surface area contributed by atoms with Crippen LogP contribution in [0.2, 0.25) is 18.1 Å². The minimum absolute atomic E-state index is 0.0255. The molecular formula is C24H30FNO2Si. The van der Waals surface area contributed by atoms with Crippen LogP contribution in [0.5, 0.6) is 0 Å². The number of aromatic amines is 1. The van der Waals surface area contributed by atoms with E-state index in [4.69, 9.17) is 4.43 Å². The van der Waals surface area contributed by atoms with Crippen LogP contribution < -0.4 is 0 Å². The fraction of sp³-hybridized carbons (Fsp3) is 0.375. The van der Waals surface area contributed by atoms with E-state index in [-0.39, 0.29) is 23.1 Å². The van der Waals surface area contributed by atoms with Crippen LogP contribution in [0, 0.1) is 5.82 Å². The summed E-state index contributed by atoms with van der Waals surface area (Å²) in [5, 5.41) is 1.12. The Labute approximate surface area is 173 Å². The lowest BCUT2D eigenvalue weighted by molar-refractivity contribution is 0.0994. The molecule has 0 amide bonds. The quantitative estimate of drug-likeness (QED) is 0.366. The first-order chi connectivity index (χ1) is 13.6. The van der Waals surface area contributed by atoms with Crippen molar-refractivity contribution in [3.8, 4) is 0 Å². The van der Waals surface area contributed by atoms with Crippen molar-refractivity contribution in [3.63, 3.8) is 0 Å². The zero-order chi connectivity index (χ0) is 21.2. The Morgan fingerprint density at radius 1 is 1.10 bits per heavy atom. The van der Waals surface area contributed by atoms with Crippen molar-refractivity contribution in [2.45, 2.75) is 51.7 Å². The number of nitrogens with one attached hydrogen (secondary N) is 1. The molecule has 0 saturated carbocycles. The van der Waals surface area contributed by atoms with Crippen LogP contribution in [0.25, 0.3) is 10.9 Å². The smallest absolute Gasteiger partial charge is 0.191 e. The molecule has 0 atom stereocenters. The topological polar surface area (TPSA) is 42.1 Å². The van der Waals surface area contributed by atoms with E-state index in [1.807, 2.05) is 12.1 Å². The number of para-hydroxylation sites is 1. The van der Waals surface area contributed by atoms with Gasteiger partial charge in [-0.1, -0.05) is 51.1 Å². The highest BCUT2D eigenvalue weighted by atomic mass is 28.4. The van der Waals surface area contributed by atoms with Crippen molar-refractivity contribution in [2.75, 3.05) is 6.61 Å². The van der Waals surface area contributed by atoms with Crippen molar-refractivity contribution in [1.82, 2.24) is 4.98 Å². The predicted molar refractivity (Wildman–Crippen MR) is 120 cm³/mol. The van der Waals surface area contributed by atoms with Gasteiger partial charge in [-0.15, -0.1) is 0 Å². The number of hydrogen-bond acceptors (Lipinski definition) is 2. The van der Waals surface area contributed by atoms with E-state index >= 15 is 0 Å². The summed E-state index contributed by atoms with van der Waals surface area (Å²) in [7, 11) is -1.78. The van der Waals surface area contributed by atoms with Crippen molar-refractivity contribution < 1.29 is 13.6 Å². The zero-order valence-electron chi connectivity index (χ0n) is 17.9. The summed E-state index contributed by atoms with van der Waals surface area (Å²) in [5.41, 5.74) is 3.64. The van der Waals surface area contributed by atoms with Gasteiger partial charge >= 0.3 is 0 Å². The normalized spacial score (nSPS) is 12.5. The van der Waals surface area contributed by atoms with Crippen LogP contribution in [-0.2, 0) is 17.3 Å². The van der Waals surface area contributed by atoms with Crippen LogP contribution in [0.4, 0.5) is 4.39 Å². The number of Topliss-reactive ketones (excluding diaryl/α,β-unsaturated/α-hetero) is 1. The van der Waals surface area contributed by atoms with Gasteiger partial charge in [0.05, 0.1) is 0 Å². The van der Waals surface area contributed by atoms with E-state index in [9.17, 15) is 9.18 Å². The summed E-state index contributed by atoms with van der Waals surface area (Å²) in [6.07, 6.45) is 2.84. The summed E-state index contributed by atoms with van der Waals surface area (Å²) in [5.74, 6) is -0.268. The predicted octanol–water partition coefficient (Wildman–Crippen LogP) is 6.30. The third kappa shape index (κ3) is 4.85. The highest BCUT2D eigenvalue weighted by Gasteiger charge is 2.36. The van der Waals surface area contributed by atoms with E-state index < -0.39 is 8.32 Å². The van der Waals surface area contributed by atoms with Crippen molar-refractivity contribution in [1.29, 1.82) is 0 Å². The van der Waals surface area contributed by atoms with E-state index in [0.29, 0.717) is 12.2 Å². The number of fused-ring (bicyclic) bond motifs is 1. The number of halogens is 1. The van der Waals surface area contributed by atoms with Crippen LogP contribution in [-0.4, -0.2) is 25.7 Å². The van der Waals surface area contributed by atoms with Gasteiger partial charge in [0.1, 0.15) is 5.82 Å². The van der Waals surface area contributed by atoms with E-state index in [1.54, 1.807) is 18.3 Å². The number of H-pyrrole nitrogens is 1. The molecule has 0 bridgehead atoms. The van der Waals surface area contributed by atoms with Gasteiger partial charge in [0.15, 0.2) is 14.1 Å². The van der Waals surface area contributed by atoms with E-state index in [0.717, 1.165) is 28.5 Å². The summed E-state index contributed by atoms with van der Waals surface area (Å²) in [6.45, 7) is 11.9. The Bertz CT molecular complexity index is 1000. The van der Waals surface area contributed by atoms with Gasteiger partial charge < -0.3 is 9.41 Å². The number of carbonyl (C=O) groups is 1. The number of rotatable bonds is 7. The molecule has 154 valence electrons. The Kier molecular flexibility index (Phi) is 6.10. The molecule has 0 unspecified atom stereocenters. The van der Waals surface area contributed by atoms with Crippen LogP contribution in [0.15, 0.2) is 48.7 Å². The number of benzene rings is 2. The Morgan fingerprint density at radius 3 is 2.45 bits per heavy atom. The SMILES string of the molecule is CC(C)(C)[Si](C)(C)OCCc1cccc2c(C(=O)Cc3ccc(F)cc3)c[nH]c12. The number of ketones is 1. The second-order valence-corrected chi connectivity index (χ2v) is 13.9. The first kappa shape index (κ1) is 21.5.